The van der Waals surface area contributed by atoms with E-state index in [1.54, 1.807) is 24.3 Å². The lowest BCUT2D eigenvalue weighted by Gasteiger charge is -2.26. The van der Waals surface area contributed by atoms with Crippen LogP contribution in [0.2, 0.25) is 0 Å². The molecule has 1 fully saturated rings. The number of nitrogens with zero attached hydrogens (tertiary/aromatic N) is 1. The smallest absolute Gasteiger partial charge is 0.306 e. The van der Waals surface area contributed by atoms with E-state index in [0.29, 0.717) is 23.5 Å². The van der Waals surface area contributed by atoms with E-state index in [9.17, 15) is 14.4 Å². The van der Waals surface area contributed by atoms with Gasteiger partial charge in [-0.25, -0.2) is 0 Å². The van der Waals surface area contributed by atoms with Crippen molar-refractivity contribution in [3.63, 3.8) is 0 Å². The molecule has 128 valence electrons. The molecule has 1 aliphatic heterocycles. The molecular formula is C19H23NO4. The standard InChI is InChI=1S/C19H23NO4/c1-13-6-4-7-14(12-13)24-17(21)10-5-11-20-18(22)15-8-2-3-9-16(15)19(20)23/h2-3,8-9,13-14H,4-7,10-12H2,1H3. The summed E-state index contributed by atoms with van der Waals surface area (Å²) in [6.07, 6.45) is 4.88. The number of rotatable bonds is 5. The van der Waals surface area contributed by atoms with Gasteiger partial charge in [-0.3, -0.25) is 19.3 Å². The monoisotopic (exact) mass is 329 g/mol. The highest BCUT2D eigenvalue weighted by atomic mass is 16.5. The maximum absolute atomic E-state index is 12.2. The van der Waals surface area contributed by atoms with Crippen LogP contribution in [0.4, 0.5) is 0 Å². The van der Waals surface area contributed by atoms with Crippen LogP contribution in [-0.4, -0.2) is 35.3 Å². The number of carbonyl (C=O) groups excluding carboxylic acids is 3. The van der Waals surface area contributed by atoms with Gasteiger partial charge in [-0.15, -0.1) is 0 Å². The number of esters is 1. The van der Waals surface area contributed by atoms with Gasteiger partial charge in [-0.2, -0.15) is 0 Å². The molecule has 1 aromatic rings. The Morgan fingerprint density at radius 1 is 1.17 bits per heavy atom. The van der Waals surface area contributed by atoms with Crippen LogP contribution >= 0.6 is 0 Å². The van der Waals surface area contributed by atoms with E-state index in [1.807, 2.05) is 0 Å². The molecule has 0 aromatic heterocycles. The van der Waals surface area contributed by atoms with E-state index in [-0.39, 0.29) is 36.9 Å². The average molecular weight is 329 g/mol. The Bertz CT molecular complexity index is 620. The van der Waals surface area contributed by atoms with Crippen molar-refractivity contribution in [2.45, 2.75) is 51.6 Å². The number of carbonyl (C=O) groups is 3. The van der Waals surface area contributed by atoms with Gasteiger partial charge in [0.25, 0.3) is 11.8 Å². The summed E-state index contributed by atoms with van der Waals surface area (Å²) in [5.41, 5.74) is 0.891. The van der Waals surface area contributed by atoms with Crippen molar-refractivity contribution in [1.82, 2.24) is 4.90 Å². The molecule has 3 rings (SSSR count). The van der Waals surface area contributed by atoms with Gasteiger partial charge in [0.1, 0.15) is 6.10 Å². The first-order valence-electron chi connectivity index (χ1n) is 8.71. The summed E-state index contributed by atoms with van der Waals surface area (Å²) in [7, 11) is 0. The Hall–Kier alpha value is -2.17. The van der Waals surface area contributed by atoms with Gasteiger partial charge in [-0.1, -0.05) is 25.5 Å². The molecule has 0 spiro atoms. The predicted octanol–water partition coefficient (Wildman–Crippen LogP) is 3.18. The SMILES string of the molecule is CC1CCCC(OC(=O)CCCN2C(=O)c3ccccc3C2=O)C1. The summed E-state index contributed by atoms with van der Waals surface area (Å²) in [6.45, 7) is 2.44. The molecule has 1 aromatic carbocycles. The second-order valence-electron chi connectivity index (χ2n) is 6.79. The van der Waals surface area contributed by atoms with Crippen molar-refractivity contribution < 1.29 is 19.1 Å². The van der Waals surface area contributed by atoms with Gasteiger partial charge in [0.15, 0.2) is 0 Å². The minimum Gasteiger partial charge on any atom is -0.462 e. The van der Waals surface area contributed by atoms with E-state index in [0.717, 1.165) is 19.3 Å². The molecule has 0 radical (unpaired) electrons. The first-order valence-corrected chi connectivity index (χ1v) is 8.71. The Balaban J connectivity index is 1.46. The zero-order chi connectivity index (χ0) is 17.1. The molecule has 1 heterocycles. The maximum Gasteiger partial charge on any atom is 0.306 e. The molecule has 0 bridgehead atoms. The first-order chi connectivity index (χ1) is 11.6. The lowest BCUT2D eigenvalue weighted by molar-refractivity contribution is -0.151. The van der Waals surface area contributed by atoms with Crippen molar-refractivity contribution in [2.75, 3.05) is 6.54 Å². The second kappa shape index (κ2) is 7.16. The number of hydrogen-bond acceptors (Lipinski definition) is 4. The van der Waals surface area contributed by atoms with Crippen LogP contribution < -0.4 is 0 Å². The van der Waals surface area contributed by atoms with Gasteiger partial charge < -0.3 is 4.74 Å². The van der Waals surface area contributed by atoms with E-state index >= 15 is 0 Å². The van der Waals surface area contributed by atoms with Crippen molar-refractivity contribution >= 4 is 17.8 Å². The molecule has 0 N–H and O–H groups in total. The van der Waals surface area contributed by atoms with E-state index < -0.39 is 0 Å². The number of fused-ring (bicyclic) bond motifs is 1. The molecule has 0 saturated heterocycles. The quantitative estimate of drug-likeness (QED) is 0.615. The fourth-order valence-electron chi connectivity index (χ4n) is 3.55. The molecule has 5 heteroatoms. The fraction of sp³-hybridized carbons (Fsp3) is 0.526. The van der Waals surface area contributed by atoms with Crippen molar-refractivity contribution in [3.8, 4) is 0 Å². The normalized spacial score (nSPS) is 23.3. The summed E-state index contributed by atoms with van der Waals surface area (Å²) in [6, 6.07) is 6.81. The molecule has 1 saturated carbocycles. The minimum atomic E-state index is -0.273. The number of hydrogen-bond donors (Lipinski definition) is 0. The van der Waals surface area contributed by atoms with Crippen molar-refractivity contribution in [3.05, 3.63) is 35.4 Å². The summed E-state index contributed by atoms with van der Waals surface area (Å²) in [5, 5.41) is 0. The molecular weight excluding hydrogens is 306 g/mol. The van der Waals surface area contributed by atoms with Gasteiger partial charge >= 0.3 is 5.97 Å². The third-order valence-corrected chi connectivity index (χ3v) is 4.83. The van der Waals surface area contributed by atoms with Crippen LogP contribution in [0.25, 0.3) is 0 Å². The van der Waals surface area contributed by atoms with E-state index in [2.05, 4.69) is 6.92 Å². The fourth-order valence-corrected chi connectivity index (χ4v) is 3.55. The average Bonchev–Trinajstić information content (AvgIpc) is 2.80. The third kappa shape index (κ3) is 3.50. The number of imide groups is 1. The molecule has 24 heavy (non-hydrogen) atoms. The minimum absolute atomic E-state index is 0.0283. The van der Waals surface area contributed by atoms with Gasteiger partial charge in [0.2, 0.25) is 0 Å². The summed E-state index contributed by atoms with van der Waals surface area (Å²) in [5.74, 6) is -0.171. The van der Waals surface area contributed by atoms with Crippen LogP contribution in [0.1, 0.15) is 66.2 Å². The number of benzene rings is 1. The molecule has 2 amide bonds. The highest BCUT2D eigenvalue weighted by Crippen LogP contribution is 2.26. The molecule has 2 unspecified atom stereocenters. The Morgan fingerprint density at radius 3 is 2.46 bits per heavy atom. The Morgan fingerprint density at radius 2 is 1.83 bits per heavy atom. The molecule has 1 aliphatic carbocycles. The largest absolute Gasteiger partial charge is 0.462 e. The number of ether oxygens (including phenoxy) is 1. The van der Waals surface area contributed by atoms with Crippen molar-refractivity contribution in [1.29, 1.82) is 0 Å². The topological polar surface area (TPSA) is 63.7 Å². The zero-order valence-electron chi connectivity index (χ0n) is 14.0. The van der Waals surface area contributed by atoms with Gasteiger partial charge in [0, 0.05) is 13.0 Å². The Labute approximate surface area is 142 Å². The predicted molar refractivity (Wildman–Crippen MR) is 88.6 cm³/mol. The van der Waals surface area contributed by atoms with E-state index in [1.165, 1.54) is 11.3 Å². The van der Waals surface area contributed by atoms with Crippen LogP contribution in [0.3, 0.4) is 0 Å². The van der Waals surface area contributed by atoms with Crippen LogP contribution in [-0.2, 0) is 9.53 Å². The van der Waals surface area contributed by atoms with Crippen molar-refractivity contribution in [2.24, 2.45) is 5.92 Å². The lowest BCUT2D eigenvalue weighted by atomic mass is 9.89. The highest BCUT2D eigenvalue weighted by Gasteiger charge is 2.34. The highest BCUT2D eigenvalue weighted by molar-refractivity contribution is 6.21. The zero-order valence-corrected chi connectivity index (χ0v) is 14.0. The van der Waals surface area contributed by atoms with Gasteiger partial charge in [-0.05, 0) is 43.7 Å². The molecule has 2 atom stereocenters. The second-order valence-corrected chi connectivity index (χ2v) is 6.79. The summed E-state index contributed by atoms with van der Waals surface area (Å²) < 4.78 is 5.51. The van der Waals surface area contributed by atoms with E-state index in [4.69, 9.17) is 4.74 Å². The summed E-state index contributed by atoms with van der Waals surface area (Å²) in [4.78, 5) is 37.6. The molecule has 2 aliphatic rings. The van der Waals surface area contributed by atoms with Crippen LogP contribution in [0, 0.1) is 5.92 Å². The van der Waals surface area contributed by atoms with Crippen LogP contribution in [0.15, 0.2) is 24.3 Å². The maximum atomic E-state index is 12.2. The molecule has 5 nitrogen and oxygen atoms in total. The summed E-state index contributed by atoms with van der Waals surface area (Å²) >= 11 is 0. The first kappa shape index (κ1) is 16.7. The third-order valence-electron chi connectivity index (χ3n) is 4.83. The van der Waals surface area contributed by atoms with Crippen LogP contribution in [0.5, 0.6) is 0 Å². The Kier molecular flexibility index (Phi) is 4.97. The van der Waals surface area contributed by atoms with Gasteiger partial charge in [0.05, 0.1) is 11.1 Å². The lowest BCUT2D eigenvalue weighted by Crippen LogP contribution is -2.31. The number of amides is 2.